The third-order valence-corrected chi connectivity index (χ3v) is 5.38. The zero-order valence-electron chi connectivity index (χ0n) is 17.0. The van der Waals surface area contributed by atoms with Crippen molar-refractivity contribution in [1.29, 1.82) is 0 Å². The molecule has 0 unspecified atom stereocenters. The first-order chi connectivity index (χ1) is 15.1. The van der Waals surface area contributed by atoms with E-state index >= 15 is 0 Å². The Morgan fingerprint density at radius 3 is 2.19 bits per heavy atom. The maximum atomic E-state index is 13.3. The van der Waals surface area contributed by atoms with Crippen LogP contribution in [0, 0.1) is 0 Å². The van der Waals surface area contributed by atoms with Crippen LogP contribution in [0.1, 0.15) is 11.1 Å². The van der Waals surface area contributed by atoms with E-state index in [4.69, 9.17) is 16.3 Å². The highest BCUT2D eigenvalue weighted by Crippen LogP contribution is 2.31. The molecule has 3 aromatic rings. The maximum Gasteiger partial charge on any atom is 0.278 e. The predicted molar refractivity (Wildman–Crippen MR) is 122 cm³/mol. The quantitative estimate of drug-likeness (QED) is 0.546. The number of ether oxygens (including phenoxy) is 1. The number of nitrogens with one attached hydrogen (secondary N) is 1. The molecule has 5 nitrogen and oxygen atoms in total. The highest BCUT2D eigenvalue weighted by atomic mass is 35.5. The van der Waals surface area contributed by atoms with Crippen molar-refractivity contribution in [2.45, 2.75) is 6.42 Å². The van der Waals surface area contributed by atoms with Crippen LogP contribution >= 0.6 is 11.6 Å². The number of halogens is 1. The molecule has 1 aliphatic rings. The summed E-state index contributed by atoms with van der Waals surface area (Å²) in [6, 6.07) is 23.9. The van der Waals surface area contributed by atoms with Gasteiger partial charge < -0.3 is 10.1 Å². The van der Waals surface area contributed by atoms with Crippen LogP contribution in [0.2, 0.25) is 5.02 Å². The fourth-order valence-corrected chi connectivity index (χ4v) is 3.61. The van der Waals surface area contributed by atoms with E-state index in [2.05, 4.69) is 5.32 Å². The molecule has 156 valence electrons. The van der Waals surface area contributed by atoms with Crippen LogP contribution in [0.4, 0.5) is 5.69 Å². The van der Waals surface area contributed by atoms with Gasteiger partial charge in [0.1, 0.15) is 11.4 Å². The van der Waals surface area contributed by atoms with Gasteiger partial charge in [0.25, 0.3) is 11.8 Å². The smallest absolute Gasteiger partial charge is 0.278 e. The van der Waals surface area contributed by atoms with Gasteiger partial charge in [-0.2, -0.15) is 0 Å². The van der Waals surface area contributed by atoms with Crippen molar-refractivity contribution in [3.05, 3.63) is 101 Å². The largest absolute Gasteiger partial charge is 0.497 e. The minimum Gasteiger partial charge on any atom is -0.497 e. The van der Waals surface area contributed by atoms with Crippen LogP contribution in [0.15, 0.2) is 84.6 Å². The van der Waals surface area contributed by atoms with Crippen molar-refractivity contribution in [1.82, 2.24) is 4.90 Å². The van der Waals surface area contributed by atoms with Crippen molar-refractivity contribution in [2.24, 2.45) is 0 Å². The second kappa shape index (κ2) is 9.06. The molecule has 0 bridgehead atoms. The summed E-state index contributed by atoms with van der Waals surface area (Å²) in [7, 11) is 1.59. The number of carbonyl (C=O) groups excluding carboxylic acids is 2. The minimum absolute atomic E-state index is 0.255. The van der Waals surface area contributed by atoms with Crippen molar-refractivity contribution < 1.29 is 14.3 Å². The summed E-state index contributed by atoms with van der Waals surface area (Å²) in [6.07, 6.45) is 0.585. The van der Waals surface area contributed by atoms with Crippen LogP contribution in [-0.2, 0) is 16.0 Å². The number of hydrogen-bond donors (Lipinski definition) is 1. The lowest BCUT2D eigenvalue weighted by Crippen LogP contribution is -2.34. The van der Waals surface area contributed by atoms with Crippen LogP contribution < -0.4 is 10.1 Å². The lowest BCUT2D eigenvalue weighted by Gasteiger charge is -2.15. The molecule has 0 saturated heterocycles. The second-order valence-electron chi connectivity index (χ2n) is 7.11. The SMILES string of the molecule is COc1ccc(NC2=C(c3ccc(Cl)cc3)C(=O)N(CCc3ccccc3)C2=O)cc1. The number of carbonyl (C=O) groups is 2. The second-order valence-corrected chi connectivity index (χ2v) is 7.54. The lowest BCUT2D eigenvalue weighted by molar-refractivity contribution is -0.136. The number of imide groups is 1. The van der Waals surface area contributed by atoms with E-state index < -0.39 is 0 Å². The van der Waals surface area contributed by atoms with Gasteiger partial charge in [0.15, 0.2) is 0 Å². The number of amides is 2. The molecular weight excluding hydrogens is 412 g/mol. The highest BCUT2D eigenvalue weighted by Gasteiger charge is 2.38. The number of anilines is 1. The van der Waals surface area contributed by atoms with Crippen molar-refractivity contribution in [2.75, 3.05) is 19.0 Å². The summed E-state index contributed by atoms with van der Waals surface area (Å²) in [4.78, 5) is 27.8. The summed E-state index contributed by atoms with van der Waals surface area (Å²) in [5, 5.41) is 3.70. The average Bonchev–Trinajstić information content (AvgIpc) is 3.03. The molecule has 0 saturated carbocycles. The fraction of sp³-hybridized carbons (Fsp3) is 0.120. The van der Waals surface area contributed by atoms with Gasteiger partial charge in [0.2, 0.25) is 0 Å². The Labute approximate surface area is 185 Å². The van der Waals surface area contributed by atoms with Gasteiger partial charge in [-0.15, -0.1) is 0 Å². The Hall–Kier alpha value is -3.57. The molecule has 31 heavy (non-hydrogen) atoms. The fourth-order valence-electron chi connectivity index (χ4n) is 3.48. The van der Waals surface area contributed by atoms with Gasteiger partial charge in [0.05, 0.1) is 12.7 Å². The first kappa shape index (κ1) is 20.7. The normalized spacial score (nSPS) is 13.7. The van der Waals surface area contributed by atoms with Gasteiger partial charge in [0, 0.05) is 17.3 Å². The Bertz CT molecular complexity index is 1120. The van der Waals surface area contributed by atoms with E-state index in [9.17, 15) is 9.59 Å². The monoisotopic (exact) mass is 432 g/mol. The molecule has 0 atom stereocenters. The van der Waals surface area contributed by atoms with E-state index in [-0.39, 0.29) is 17.5 Å². The summed E-state index contributed by atoms with van der Waals surface area (Å²) < 4.78 is 5.19. The first-order valence-corrected chi connectivity index (χ1v) is 10.3. The molecule has 2 amide bonds. The molecule has 1 N–H and O–H groups in total. The van der Waals surface area contributed by atoms with E-state index in [1.165, 1.54) is 4.90 Å². The molecule has 1 aliphatic heterocycles. The Morgan fingerprint density at radius 1 is 0.871 bits per heavy atom. The summed E-state index contributed by atoms with van der Waals surface area (Å²) >= 11 is 6.02. The van der Waals surface area contributed by atoms with Crippen LogP contribution in [0.3, 0.4) is 0 Å². The third-order valence-electron chi connectivity index (χ3n) is 5.13. The van der Waals surface area contributed by atoms with Gasteiger partial charge in [-0.1, -0.05) is 54.1 Å². The number of nitrogens with zero attached hydrogens (tertiary/aromatic N) is 1. The molecule has 0 spiro atoms. The van der Waals surface area contributed by atoms with Crippen molar-refractivity contribution >= 4 is 34.7 Å². The molecule has 3 aromatic carbocycles. The van der Waals surface area contributed by atoms with Crippen molar-refractivity contribution in [3.63, 3.8) is 0 Å². The molecule has 6 heteroatoms. The Morgan fingerprint density at radius 2 is 1.55 bits per heavy atom. The summed E-state index contributed by atoms with van der Waals surface area (Å²) in [5.41, 5.74) is 2.98. The molecule has 1 heterocycles. The topological polar surface area (TPSA) is 58.6 Å². The molecule has 0 fully saturated rings. The molecular formula is C25H21ClN2O3. The first-order valence-electron chi connectivity index (χ1n) is 9.88. The van der Waals surface area contributed by atoms with E-state index in [0.717, 1.165) is 5.56 Å². The van der Waals surface area contributed by atoms with Crippen LogP contribution in [0.25, 0.3) is 5.57 Å². The molecule has 0 radical (unpaired) electrons. The highest BCUT2D eigenvalue weighted by molar-refractivity contribution is 6.36. The zero-order chi connectivity index (χ0) is 21.8. The van der Waals surface area contributed by atoms with Gasteiger partial charge in [-0.25, -0.2) is 0 Å². The zero-order valence-corrected chi connectivity index (χ0v) is 17.7. The minimum atomic E-state index is -0.346. The van der Waals surface area contributed by atoms with E-state index in [0.29, 0.717) is 40.6 Å². The number of hydrogen-bond acceptors (Lipinski definition) is 4. The van der Waals surface area contributed by atoms with Crippen LogP contribution in [-0.4, -0.2) is 30.4 Å². The molecule has 0 aliphatic carbocycles. The third kappa shape index (κ3) is 4.47. The van der Waals surface area contributed by atoms with Crippen molar-refractivity contribution in [3.8, 4) is 5.75 Å². The van der Waals surface area contributed by atoms with Crippen LogP contribution in [0.5, 0.6) is 5.75 Å². The summed E-state index contributed by atoms with van der Waals surface area (Å²) in [5.74, 6) is 0.0386. The van der Waals surface area contributed by atoms with E-state index in [1.54, 1.807) is 55.6 Å². The molecule has 0 aromatic heterocycles. The predicted octanol–water partition coefficient (Wildman–Crippen LogP) is 4.78. The Kier molecular flexibility index (Phi) is 6.05. The standard InChI is InChI=1S/C25H21ClN2O3/c1-31-21-13-11-20(12-14-21)27-23-22(18-7-9-19(26)10-8-18)24(29)28(25(23)30)16-15-17-5-3-2-4-6-17/h2-14,27H,15-16H2,1H3. The lowest BCUT2D eigenvalue weighted by atomic mass is 10.0. The average molecular weight is 433 g/mol. The van der Waals surface area contributed by atoms with E-state index in [1.807, 2.05) is 30.3 Å². The maximum absolute atomic E-state index is 13.3. The number of benzene rings is 3. The van der Waals surface area contributed by atoms with Gasteiger partial charge >= 0.3 is 0 Å². The van der Waals surface area contributed by atoms with Gasteiger partial charge in [-0.05, 0) is 53.9 Å². The van der Waals surface area contributed by atoms with Gasteiger partial charge in [-0.3, -0.25) is 14.5 Å². The number of methoxy groups -OCH3 is 1. The molecule has 4 rings (SSSR count). The number of rotatable bonds is 7. The summed E-state index contributed by atoms with van der Waals surface area (Å²) in [6.45, 7) is 0.298. The Balaban J connectivity index is 1.65.